The fourth-order valence-electron chi connectivity index (χ4n) is 2.95. The Balaban J connectivity index is 1.74. The van der Waals surface area contributed by atoms with Gasteiger partial charge in [0.15, 0.2) is 5.11 Å². The molecule has 124 valence electrons. The minimum atomic E-state index is 0.320. The molecule has 1 atom stereocenters. The first-order chi connectivity index (χ1) is 11.1. The molecule has 23 heavy (non-hydrogen) atoms. The highest BCUT2D eigenvalue weighted by Gasteiger charge is 2.28. The number of benzene rings is 1. The molecule has 0 spiro atoms. The van der Waals surface area contributed by atoms with E-state index in [4.69, 9.17) is 17.2 Å². The number of rotatable bonds is 4. The van der Waals surface area contributed by atoms with E-state index < -0.39 is 0 Å². The van der Waals surface area contributed by atoms with Gasteiger partial charge < -0.3 is 15.1 Å². The summed E-state index contributed by atoms with van der Waals surface area (Å²) < 4.78 is 1.26. The van der Waals surface area contributed by atoms with E-state index in [1.165, 1.54) is 22.5 Å². The summed E-state index contributed by atoms with van der Waals surface area (Å²) in [5.74, 6) is 0. The molecule has 0 aliphatic carbocycles. The lowest BCUT2D eigenvalue weighted by Gasteiger charge is -2.36. The second-order valence-corrected chi connectivity index (χ2v) is 7.71. The zero-order valence-corrected chi connectivity index (χ0v) is 15.4. The van der Waals surface area contributed by atoms with Crippen LogP contribution in [0, 0.1) is 0 Å². The average Bonchev–Trinajstić information content (AvgIpc) is 2.98. The van der Waals surface area contributed by atoms with Crippen LogP contribution < -0.4 is 5.32 Å². The molecule has 0 radical (unpaired) electrons. The Morgan fingerprint density at radius 3 is 3.00 bits per heavy atom. The van der Waals surface area contributed by atoms with Crippen molar-refractivity contribution in [1.82, 2.24) is 20.1 Å². The molecule has 1 aliphatic heterocycles. The van der Waals surface area contributed by atoms with E-state index in [0.29, 0.717) is 6.04 Å². The normalized spacial score (nSPS) is 18.6. The van der Waals surface area contributed by atoms with Crippen LogP contribution in [0.5, 0.6) is 0 Å². The van der Waals surface area contributed by atoms with E-state index in [1.807, 2.05) is 0 Å². The molecule has 1 saturated heterocycles. The standard InChI is InChI=1S/C17H24N4S2/c1-20(2)12-10-18-17(22)21-11-6-5-8-14(21)16-19-13-7-3-4-9-15(13)23-16/h3-4,7,9,14H,5-6,8,10-12H2,1-2H3,(H,18,22)/t14-/m0/s1. The number of hydrogen-bond donors (Lipinski definition) is 1. The molecular formula is C17H24N4S2. The first-order valence-corrected chi connectivity index (χ1v) is 9.42. The van der Waals surface area contributed by atoms with Crippen LogP contribution in [-0.4, -0.2) is 53.6 Å². The second kappa shape index (κ2) is 7.55. The van der Waals surface area contributed by atoms with Gasteiger partial charge in [-0.15, -0.1) is 11.3 Å². The largest absolute Gasteiger partial charge is 0.361 e. The van der Waals surface area contributed by atoms with Gasteiger partial charge in [-0.25, -0.2) is 4.98 Å². The number of aromatic nitrogens is 1. The predicted octanol–water partition coefficient (Wildman–Crippen LogP) is 3.26. The van der Waals surface area contributed by atoms with Crippen LogP contribution in [-0.2, 0) is 0 Å². The number of nitrogens with zero attached hydrogens (tertiary/aromatic N) is 3. The maximum Gasteiger partial charge on any atom is 0.169 e. The lowest BCUT2D eigenvalue weighted by molar-refractivity contribution is 0.241. The first-order valence-electron chi connectivity index (χ1n) is 8.20. The lowest BCUT2D eigenvalue weighted by atomic mass is 10.0. The third-order valence-electron chi connectivity index (χ3n) is 4.19. The van der Waals surface area contributed by atoms with Gasteiger partial charge in [0.05, 0.1) is 16.3 Å². The van der Waals surface area contributed by atoms with Crippen molar-refractivity contribution in [2.75, 3.05) is 33.7 Å². The highest BCUT2D eigenvalue weighted by atomic mass is 32.1. The Bertz CT molecular complexity index is 634. The van der Waals surface area contributed by atoms with Crippen molar-refractivity contribution in [3.05, 3.63) is 29.3 Å². The van der Waals surface area contributed by atoms with E-state index >= 15 is 0 Å². The SMILES string of the molecule is CN(C)CCNC(=S)N1CCCC[C@H]1c1nc2ccccc2s1. The topological polar surface area (TPSA) is 31.4 Å². The number of thiazole rings is 1. The number of para-hydroxylation sites is 1. The molecule has 1 fully saturated rings. The van der Waals surface area contributed by atoms with Crippen LogP contribution in [0.15, 0.2) is 24.3 Å². The van der Waals surface area contributed by atoms with Crippen LogP contribution in [0.4, 0.5) is 0 Å². The molecule has 0 unspecified atom stereocenters. The molecule has 3 rings (SSSR count). The van der Waals surface area contributed by atoms with E-state index in [2.05, 4.69) is 53.5 Å². The van der Waals surface area contributed by atoms with Gasteiger partial charge >= 0.3 is 0 Å². The Hall–Kier alpha value is -1.24. The van der Waals surface area contributed by atoms with Crippen molar-refractivity contribution in [2.24, 2.45) is 0 Å². The molecule has 2 heterocycles. The first kappa shape index (κ1) is 16.6. The molecule has 1 aromatic carbocycles. The van der Waals surface area contributed by atoms with Crippen molar-refractivity contribution in [3.63, 3.8) is 0 Å². The predicted molar refractivity (Wildman–Crippen MR) is 102 cm³/mol. The van der Waals surface area contributed by atoms with E-state index in [9.17, 15) is 0 Å². The van der Waals surface area contributed by atoms with Crippen LogP contribution in [0.3, 0.4) is 0 Å². The smallest absolute Gasteiger partial charge is 0.169 e. The highest BCUT2D eigenvalue weighted by molar-refractivity contribution is 7.80. The monoisotopic (exact) mass is 348 g/mol. The summed E-state index contributed by atoms with van der Waals surface area (Å²) in [5.41, 5.74) is 1.10. The molecule has 4 nitrogen and oxygen atoms in total. The molecule has 6 heteroatoms. The zero-order chi connectivity index (χ0) is 16.2. The summed E-state index contributed by atoms with van der Waals surface area (Å²) in [6, 6.07) is 8.70. The van der Waals surface area contributed by atoms with Crippen LogP contribution in [0.25, 0.3) is 10.2 Å². The fourth-order valence-corrected chi connectivity index (χ4v) is 4.39. The number of fused-ring (bicyclic) bond motifs is 1. The number of likely N-dealkylation sites (N-methyl/N-ethyl adjacent to an activating group) is 1. The number of nitrogens with one attached hydrogen (secondary N) is 1. The third kappa shape index (κ3) is 4.00. The fraction of sp³-hybridized carbons (Fsp3) is 0.529. The highest BCUT2D eigenvalue weighted by Crippen LogP contribution is 2.35. The molecule has 2 aromatic rings. The van der Waals surface area contributed by atoms with Crippen LogP contribution in [0.2, 0.25) is 0 Å². The van der Waals surface area contributed by atoms with Gasteiger partial charge in [0, 0.05) is 19.6 Å². The number of thiocarbonyl (C=S) groups is 1. The van der Waals surface area contributed by atoms with Gasteiger partial charge in [-0.2, -0.15) is 0 Å². The molecule has 0 amide bonds. The number of piperidine rings is 1. The van der Waals surface area contributed by atoms with Crippen molar-refractivity contribution < 1.29 is 0 Å². The lowest BCUT2D eigenvalue weighted by Crippen LogP contribution is -2.45. The van der Waals surface area contributed by atoms with E-state index in [1.54, 1.807) is 11.3 Å². The Morgan fingerprint density at radius 1 is 1.39 bits per heavy atom. The Labute approximate surface area is 147 Å². The Kier molecular flexibility index (Phi) is 5.46. The average molecular weight is 349 g/mol. The summed E-state index contributed by atoms with van der Waals surface area (Å²) in [6.07, 6.45) is 3.59. The molecular weight excluding hydrogens is 324 g/mol. The zero-order valence-electron chi connectivity index (χ0n) is 13.8. The quantitative estimate of drug-likeness (QED) is 0.857. The molecule has 0 bridgehead atoms. The van der Waals surface area contributed by atoms with Crippen molar-refractivity contribution in [1.29, 1.82) is 0 Å². The van der Waals surface area contributed by atoms with Crippen molar-refractivity contribution in [2.45, 2.75) is 25.3 Å². The van der Waals surface area contributed by atoms with E-state index in [0.717, 1.165) is 36.7 Å². The van der Waals surface area contributed by atoms with Gasteiger partial charge in [-0.3, -0.25) is 0 Å². The molecule has 1 aliphatic rings. The number of hydrogen-bond acceptors (Lipinski definition) is 4. The summed E-state index contributed by atoms with van der Waals surface area (Å²) >= 11 is 7.46. The molecule has 0 saturated carbocycles. The maximum atomic E-state index is 5.66. The second-order valence-electron chi connectivity index (χ2n) is 6.26. The molecule has 1 N–H and O–H groups in total. The van der Waals surface area contributed by atoms with Crippen molar-refractivity contribution >= 4 is 38.9 Å². The summed E-state index contributed by atoms with van der Waals surface area (Å²) in [4.78, 5) is 9.36. The summed E-state index contributed by atoms with van der Waals surface area (Å²) in [6.45, 7) is 2.89. The van der Waals surface area contributed by atoms with Gasteiger partial charge in [0.25, 0.3) is 0 Å². The maximum absolute atomic E-state index is 5.66. The van der Waals surface area contributed by atoms with Crippen LogP contribution >= 0.6 is 23.6 Å². The van der Waals surface area contributed by atoms with Gasteiger partial charge in [-0.1, -0.05) is 12.1 Å². The van der Waals surface area contributed by atoms with E-state index in [-0.39, 0.29) is 0 Å². The number of likely N-dealkylation sites (tertiary alicyclic amines) is 1. The minimum absolute atomic E-state index is 0.320. The van der Waals surface area contributed by atoms with Gasteiger partial charge in [0.2, 0.25) is 0 Å². The minimum Gasteiger partial charge on any atom is -0.361 e. The third-order valence-corrected chi connectivity index (χ3v) is 5.71. The Morgan fingerprint density at radius 2 is 2.22 bits per heavy atom. The van der Waals surface area contributed by atoms with Crippen molar-refractivity contribution in [3.8, 4) is 0 Å². The molecule has 1 aromatic heterocycles. The summed E-state index contributed by atoms with van der Waals surface area (Å²) in [7, 11) is 4.16. The van der Waals surface area contributed by atoms with Gasteiger partial charge in [0.1, 0.15) is 5.01 Å². The van der Waals surface area contributed by atoms with Gasteiger partial charge in [-0.05, 0) is 57.7 Å². The van der Waals surface area contributed by atoms with Crippen LogP contribution in [0.1, 0.15) is 30.3 Å². The summed E-state index contributed by atoms with van der Waals surface area (Å²) in [5, 5.41) is 5.48.